The summed E-state index contributed by atoms with van der Waals surface area (Å²) in [6, 6.07) is 1.49. The molecule has 0 bridgehead atoms. The number of amides is 2. The van der Waals surface area contributed by atoms with Gasteiger partial charge < -0.3 is 15.3 Å². The van der Waals surface area contributed by atoms with Gasteiger partial charge in [0.15, 0.2) is 0 Å². The van der Waals surface area contributed by atoms with Crippen molar-refractivity contribution in [3.63, 3.8) is 0 Å². The fourth-order valence-electron chi connectivity index (χ4n) is 5.07. The Morgan fingerprint density at radius 2 is 2.13 bits per heavy atom. The van der Waals surface area contributed by atoms with Crippen LogP contribution in [0.5, 0.6) is 0 Å². The molecule has 6 nitrogen and oxygen atoms in total. The zero-order valence-corrected chi connectivity index (χ0v) is 18.6. The van der Waals surface area contributed by atoms with Gasteiger partial charge >= 0.3 is 0 Å². The van der Waals surface area contributed by atoms with Gasteiger partial charge in [-0.25, -0.2) is 0 Å². The summed E-state index contributed by atoms with van der Waals surface area (Å²) in [6.45, 7) is 9.70. The van der Waals surface area contributed by atoms with E-state index in [1.165, 1.54) is 6.08 Å². The molecule has 3 aliphatic rings. The van der Waals surface area contributed by atoms with Crippen molar-refractivity contribution < 1.29 is 14.7 Å². The van der Waals surface area contributed by atoms with Crippen molar-refractivity contribution in [2.45, 2.75) is 64.5 Å². The summed E-state index contributed by atoms with van der Waals surface area (Å²) in [6.07, 6.45) is 9.87. The number of fused-ring (bicyclic) bond motifs is 1. The third-order valence-electron chi connectivity index (χ3n) is 6.56. The number of hydrogen-bond acceptors (Lipinski definition) is 4. The van der Waals surface area contributed by atoms with E-state index in [0.717, 1.165) is 48.9 Å². The summed E-state index contributed by atoms with van der Waals surface area (Å²) in [5.41, 5.74) is 3.31. The standard InChI is InChI=1S/C25H31N3O3/c1-5-15-14-28(22(16-10-11-16)25(3,4)31)24(30)21(15)19(6-2)27-23(29)18-12-13-26-20-9-7-8-17(18)20/h5-6,12-13,16,22,31H,2,7-11,14H2,1,3-4H3,(H,27,29)/b15-5-,21-19-. The van der Waals surface area contributed by atoms with Crippen LogP contribution in [0.2, 0.25) is 0 Å². The van der Waals surface area contributed by atoms with Gasteiger partial charge in [-0.1, -0.05) is 12.7 Å². The molecule has 31 heavy (non-hydrogen) atoms. The first-order valence-electron chi connectivity index (χ1n) is 11.1. The SMILES string of the molecule is C=C/C(NC(=O)c1ccnc2c1CCC2)=C1/C(=O)N(C(C2CC2)C(C)(C)O)C/C1=C/C. The van der Waals surface area contributed by atoms with Crippen molar-refractivity contribution in [1.82, 2.24) is 15.2 Å². The number of hydrogen-bond donors (Lipinski definition) is 2. The number of nitrogens with one attached hydrogen (secondary N) is 1. The quantitative estimate of drug-likeness (QED) is 0.692. The molecule has 1 aromatic heterocycles. The summed E-state index contributed by atoms with van der Waals surface area (Å²) >= 11 is 0. The number of aliphatic hydroxyl groups is 1. The summed E-state index contributed by atoms with van der Waals surface area (Å²) < 4.78 is 0. The Morgan fingerprint density at radius 3 is 2.74 bits per heavy atom. The van der Waals surface area contributed by atoms with Gasteiger partial charge in [0.1, 0.15) is 0 Å². The molecule has 1 saturated carbocycles. The van der Waals surface area contributed by atoms with Crippen LogP contribution in [-0.2, 0) is 17.6 Å². The van der Waals surface area contributed by atoms with E-state index in [2.05, 4.69) is 16.9 Å². The van der Waals surface area contributed by atoms with Gasteiger partial charge in [-0.3, -0.25) is 14.6 Å². The maximum absolute atomic E-state index is 13.5. The van der Waals surface area contributed by atoms with Crippen molar-refractivity contribution in [3.05, 3.63) is 64.7 Å². The molecule has 1 saturated heterocycles. The maximum Gasteiger partial charge on any atom is 0.256 e. The van der Waals surface area contributed by atoms with Crippen molar-refractivity contribution in [1.29, 1.82) is 0 Å². The topological polar surface area (TPSA) is 82.5 Å². The van der Waals surface area contributed by atoms with E-state index in [9.17, 15) is 14.7 Å². The van der Waals surface area contributed by atoms with Gasteiger partial charge in [0.25, 0.3) is 11.8 Å². The van der Waals surface area contributed by atoms with Gasteiger partial charge in [0.2, 0.25) is 0 Å². The molecule has 0 aromatic carbocycles. The molecule has 1 aliphatic heterocycles. The first-order valence-corrected chi connectivity index (χ1v) is 11.1. The van der Waals surface area contributed by atoms with Crippen LogP contribution in [0, 0.1) is 5.92 Å². The lowest BCUT2D eigenvalue weighted by Crippen LogP contribution is -2.51. The normalized spacial score (nSPS) is 22.5. The summed E-state index contributed by atoms with van der Waals surface area (Å²) in [4.78, 5) is 32.8. The van der Waals surface area contributed by atoms with Crippen LogP contribution in [0.4, 0.5) is 0 Å². The fraction of sp³-hybridized carbons (Fsp3) is 0.480. The molecule has 0 spiro atoms. The van der Waals surface area contributed by atoms with E-state index in [-0.39, 0.29) is 17.9 Å². The molecule has 164 valence electrons. The van der Waals surface area contributed by atoms with Crippen LogP contribution in [-0.4, -0.2) is 45.0 Å². The van der Waals surface area contributed by atoms with Crippen molar-refractivity contribution in [2.75, 3.05) is 6.54 Å². The number of carbonyl (C=O) groups is 2. The highest BCUT2D eigenvalue weighted by atomic mass is 16.3. The highest BCUT2D eigenvalue weighted by molar-refractivity contribution is 6.04. The second-order valence-corrected chi connectivity index (χ2v) is 9.27. The zero-order valence-electron chi connectivity index (χ0n) is 18.6. The highest BCUT2D eigenvalue weighted by Gasteiger charge is 2.49. The molecule has 2 heterocycles. The molecule has 6 heteroatoms. The van der Waals surface area contributed by atoms with E-state index < -0.39 is 5.60 Å². The van der Waals surface area contributed by atoms with Gasteiger partial charge in [-0.15, -0.1) is 0 Å². The minimum Gasteiger partial charge on any atom is -0.388 e. The zero-order chi connectivity index (χ0) is 22.3. The summed E-state index contributed by atoms with van der Waals surface area (Å²) in [7, 11) is 0. The second-order valence-electron chi connectivity index (χ2n) is 9.27. The van der Waals surface area contributed by atoms with Crippen molar-refractivity contribution >= 4 is 11.8 Å². The van der Waals surface area contributed by atoms with Gasteiger partial charge in [-0.05, 0) is 82.1 Å². The first-order chi connectivity index (χ1) is 14.8. The van der Waals surface area contributed by atoms with E-state index in [0.29, 0.717) is 29.3 Å². The Balaban J connectivity index is 1.67. The van der Waals surface area contributed by atoms with Gasteiger partial charge in [-0.2, -0.15) is 0 Å². The lowest BCUT2D eigenvalue weighted by molar-refractivity contribution is -0.133. The van der Waals surface area contributed by atoms with Gasteiger partial charge in [0.05, 0.1) is 22.9 Å². The lowest BCUT2D eigenvalue weighted by Gasteiger charge is -2.36. The summed E-state index contributed by atoms with van der Waals surface area (Å²) in [5.74, 6) is -0.101. The number of aromatic nitrogens is 1. The first kappa shape index (κ1) is 21.5. The Bertz CT molecular complexity index is 996. The van der Waals surface area contributed by atoms with Crippen LogP contribution in [0.15, 0.2) is 47.8 Å². The number of rotatable bonds is 6. The van der Waals surface area contributed by atoms with E-state index >= 15 is 0 Å². The highest BCUT2D eigenvalue weighted by Crippen LogP contribution is 2.43. The molecule has 1 unspecified atom stereocenters. The molecule has 1 aromatic rings. The molecular weight excluding hydrogens is 390 g/mol. The third-order valence-corrected chi connectivity index (χ3v) is 6.56. The van der Waals surface area contributed by atoms with Crippen molar-refractivity contribution in [2.24, 2.45) is 5.92 Å². The summed E-state index contributed by atoms with van der Waals surface area (Å²) in [5, 5.41) is 13.7. The molecule has 0 radical (unpaired) electrons. The number of allylic oxidation sites excluding steroid dienone is 2. The van der Waals surface area contributed by atoms with E-state index in [1.807, 2.05) is 13.0 Å². The fourth-order valence-corrected chi connectivity index (χ4v) is 5.07. The maximum atomic E-state index is 13.5. The van der Waals surface area contributed by atoms with Crippen LogP contribution in [0.3, 0.4) is 0 Å². The number of likely N-dealkylation sites (tertiary alicyclic amines) is 1. The van der Waals surface area contributed by atoms with Crippen molar-refractivity contribution in [3.8, 4) is 0 Å². The number of nitrogens with zero attached hydrogens (tertiary/aromatic N) is 2. The smallest absolute Gasteiger partial charge is 0.256 e. The predicted octanol–water partition coefficient (Wildman–Crippen LogP) is 3.08. The Kier molecular flexibility index (Phi) is 5.60. The number of carbonyl (C=O) groups excluding carboxylic acids is 2. The minimum absolute atomic E-state index is 0.165. The van der Waals surface area contributed by atoms with Crippen LogP contribution in [0.25, 0.3) is 0 Å². The van der Waals surface area contributed by atoms with Crippen LogP contribution in [0.1, 0.15) is 61.6 Å². The van der Waals surface area contributed by atoms with Gasteiger partial charge in [0, 0.05) is 24.0 Å². The molecule has 2 aliphatic carbocycles. The van der Waals surface area contributed by atoms with Crippen LogP contribution < -0.4 is 5.32 Å². The molecule has 2 fully saturated rings. The largest absolute Gasteiger partial charge is 0.388 e. The monoisotopic (exact) mass is 421 g/mol. The average molecular weight is 422 g/mol. The molecule has 2 N–H and O–H groups in total. The van der Waals surface area contributed by atoms with Crippen LogP contribution >= 0.6 is 0 Å². The molecule has 1 atom stereocenters. The molecular formula is C25H31N3O3. The van der Waals surface area contributed by atoms with E-state index in [1.54, 1.807) is 31.0 Å². The Hall–Kier alpha value is -2.73. The second kappa shape index (κ2) is 8.08. The Morgan fingerprint density at radius 1 is 1.39 bits per heavy atom. The molecule has 2 amide bonds. The van der Waals surface area contributed by atoms with E-state index in [4.69, 9.17) is 0 Å². The minimum atomic E-state index is -1.000. The number of pyridine rings is 1. The predicted molar refractivity (Wildman–Crippen MR) is 119 cm³/mol. The Labute approximate surface area is 183 Å². The average Bonchev–Trinajstić information content (AvgIpc) is 3.33. The lowest BCUT2D eigenvalue weighted by atomic mass is 9.93. The molecule has 4 rings (SSSR count). The number of aryl methyl sites for hydroxylation is 1. The third kappa shape index (κ3) is 3.97.